The fourth-order valence-electron chi connectivity index (χ4n) is 1.77. The molecule has 0 bridgehead atoms. The van der Waals surface area contributed by atoms with Crippen LogP contribution in [0.3, 0.4) is 0 Å². The van der Waals surface area contributed by atoms with Crippen LogP contribution in [0.4, 0.5) is 10.3 Å². The van der Waals surface area contributed by atoms with E-state index >= 15 is 0 Å². The van der Waals surface area contributed by atoms with E-state index in [0.717, 1.165) is 18.0 Å². The quantitative estimate of drug-likeness (QED) is 0.866. The number of hydrogen-bond donors (Lipinski definition) is 1. The van der Waals surface area contributed by atoms with Crippen LogP contribution < -0.4 is 10.6 Å². The third-order valence-electron chi connectivity index (χ3n) is 2.73. The highest BCUT2D eigenvalue weighted by molar-refractivity contribution is 5.74. The van der Waals surface area contributed by atoms with Gasteiger partial charge in [0.25, 0.3) is 0 Å². The van der Waals surface area contributed by atoms with E-state index in [4.69, 9.17) is 5.73 Å². The van der Waals surface area contributed by atoms with Gasteiger partial charge < -0.3 is 10.6 Å². The molecule has 20 heavy (non-hydrogen) atoms. The lowest BCUT2D eigenvalue weighted by Gasteiger charge is -2.21. The summed E-state index contributed by atoms with van der Waals surface area (Å²) in [5, 5.41) is 0. The normalized spacial score (nSPS) is 10.2. The first-order chi connectivity index (χ1) is 9.65. The van der Waals surface area contributed by atoms with Gasteiger partial charge in [-0.25, -0.2) is 14.4 Å². The van der Waals surface area contributed by atoms with Crippen molar-refractivity contribution < 1.29 is 9.18 Å². The molecule has 2 N–H and O–H groups in total. The molecule has 0 aliphatic rings. The van der Waals surface area contributed by atoms with Crippen molar-refractivity contribution in [2.75, 3.05) is 11.4 Å². The van der Waals surface area contributed by atoms with Crippen molar-refractivity contribution in [3.63, 3.8) is 0 Å². The van der Waals surface area contributed by atoms with Crippen LogP contribution in [-0.2, 0) is 11.3 Å². The number of benzene rings is 1. The van der Waals surface area contributed by atoms with Gasteiger partial charge in [-0.3, -0.25) is 4.79 Å². The van der Waals surface area contributed by atoms with Gasteiger partial charge >= 0.3 is 0 Å². The second-order valence-electron chi connectivity index (χ2n) is 4.32. The SMILES string of the molecule is NC(=O)CCN(Cc1ccccc1)c1ncc(F)cn1. The number of primary amides is 1. The van der Waals surface area contributed by atoms with Crippen molar-refractivity contribution in [3.8, 4) is 0 Å². The molecule has 0 atom stereocenters. The Bertz CT molecular complexity index is 559. The van der Waals surface area contributed by atoms with Gasteiger partial charge in [-0.2, -0.15) is 0 Å². The predicted octanol–water partition coefficient (Wildman–Crippen LogP) is 1.50. The summed E-state index contributed by atoms with van der Waals surface area (Å²) >= 11 is 0. The number of rotatable bonds is 6. The molecule has 0 saturated heterocycles. The van der Waals surface area contributed by atoms with Crippen molar-refractivity contribution in [2.45, 2.75) is 13.0 Å². The van der Waals surface area contributed by atoms with Gasteiger partial charge in [-0.05, 0) is 5.56 Å². The van der Waals surface area contributed by atoms with Gasteiger partial charge in [0.1, 0.15) is 0 Å². The monoisotopic (exact) mass is 274 g/mol. The molecule has 2 aromatic rings. The fourth-order valence-corrected chi connectivity index (χ4v) is 1.77. The summed E-state index contributed by atoms with van der Waals surface area (Å²) in [6.45, 7) is 0.912. The summed E-state index contributed by atoms with van der Waals surface area (Å²) in [4.78, 5) is 20.6. The van der Waals surface area contributed by atoms with E-state index in [0.29, 0.717) is 19.0 Å². The molecule has 5 nitrogen and oxygen atoms in total. The molecule has 0 aliphatic carbocycles. The smallest absolute Gasteiger partial charge is 0.225 e. The van der Waals surface area contributed by atoms with E-state index < -0.39 is 11.7 Å². The maximum absolute atomic E-state index is 12.9. The molecule has 104 valence electrons. The van der Waals surface area contributed by atoms with Gasteiger partial charge in [0, 0.05) is 19.5 Å². The maximum Gasteiger partial charge on any atom is 0.225 e. The van der Waals surface area contributed by atoms with Gasteiger partial charge in [-0.15, -0.1) is 0 Å². The van der Waals surface area contributed by atoms with Gasteiger partial charge in [0.15, 0.2) is 5.82 Å². The van der Waals surface area contributed by atoms with Crippen molar-refractivity contribution in [3.05, 3.63) is 54.1 Å². The summed E-state index contributed by atoms with van der Waals surface area (Å²) in [7, 11) is 0. The van der Waals surface area contributed by atoms with E-state index in [1.165, 1.54) is 0 Å². The number of aromatic nitrogens is 2. The Morgan fingerprint density at radius 2 is 1.85 bits per heavy atom. The lowest BCUT2D eigenvalue weighted by Crippen LogP contribution is -2.29. The molecule has 1 heterocycles. The van der Waals surface area contributed by atoms with Crippen LogP contribution >= 0.6 is 0 Å². The van der Waals surface area contributed by atoms with E-state index in [1.54, 1.807) is 4.90 Å². The minimum Gasteiger partial charge on any atom is -0.370 e. The van der Waals surface area contributed by atoms with Crippen LogP contribution in [0.2, 0.25) is 0 Å². The van der Waals surface area contributed by atoms with Crippen LogP contribution in [0.5, 0.6) is 0 Å². The first-order valence-corrected chi connectivity index (χ1v) is 6.20. The number of amides is 1. The number of nitrogens with zero attached hydrogens (tertiary/aromatic N) is 3. The van der Waals surface area contributed by atoms with Crippen molar-refractivity contribution >= 4 is 11.9 Å². The second-order valence-corrected chi connectivity index (χ2v) is 4.32. The van der Waals surface area contributed by atoms with Gasteiger partial charge in [0.2, 0.25) is 11.9 Å². The molecule has 1 aromatic heterocycles. The average Bonchev–Trinajstić information content (AvgIpc) is 2.45. The molecule has 0 saturated carbocycles. The molecular weight excluding hydrogens is 259 g/mol. The van der Waals surface area contributed by atoms with Crippen molar-refractivity contribution in [1.29, 1.82) is 0 Å². The lowest BCUT2D eigenvalue weighted by molar-refractivity contribution is -0.117. The first kappa shape index (κ1) is 13.9. The number of anilines is 1. The summed E-state index contributed by atoms with van der Waals surface area (Å²) in [5.41, 5.74) is 6.22. The maximum atomic E-state index is 12.9. The Labute approximate surface area is 116 Å². The Hall–Kier alpha value is -2.50. The molecular formula is C14H15FN4O. The Morgan fingerprint density at radius 1 is 1.20 bits per heavy atom. The molecule has 0 aliphatic heterocycles. The number of hydrogen-bond acceptors (Lipinski definition) is 4. The molecule has 0 spiro atoms. The predicted molar refractivity (Wildman–Crippen MR) is 73.3 cm³/mol. The minimum absolute atomic E-state index is 0.188. The number of halogens is 1. The van der Waals surface area contributed by atoms with Crippen molar-refractivity contribution in [1.82, 2.24) is 9.97 Å². The minimum atomic E-state index is -0.497. The van der Waals surface area contributed by atoms with Gasteiger partial charge in [0.05, 0.1) is 12.4 Å². The van der Waals surface area contributed by atoms with E-state index in [-0.39, 0.29) is 6.42 Å². The molecule has 6 heteroatoms. The van der Waals surface area contributed by atoms with E-state index in [9.17, 15) is 9.18 Å². The summed E-state index contributed by atoms with van der Waals surface area (Å²) in [6, 6.07) is 9.69. The zero-order valence-corrected chi connectivity index (χ0v) is 10.9. The highest BCUT2D eigenvalue weighted by Gasteiger charge is 2.11. The third kappa shape index (κ3) is 4.01. The molecule has 0 unspecified atom stereocenters. The Morgan fingerprint density at radius 3 is 2.45 bits per heavy atom. The zero-order valence-electron chi connectivity index (χ0n) is 10.9. The van der Waals surface area contributed by atoms with E-state index in [2.05, 4.69) is 9.97 Å². The van der Waals surface area contributed by atoms with Crippen LogP contribution in [0.15, 0.2) is 42.7 Å². The van der Waals surface area contributed by atoms with Crippen LogP contribution in [0.25, 0.3) is 0 Å². The lowest BCUT2D eigenvalue weighted by atomic mass is 10.2. The van der Waals surface area contributed by atoms with Gasteiger partial charge in [-0.1, -0.05) is 30.3 Å². The topological polar surface area (TPSA) is 72.1 Å². The third-order valence-corrected chi connectivity index (χ3v) is 2.73. The Balaban J connectivity index is 2.15. The molecule has 2 rings (SSSR count). The van der Waals surface area contributed by atoms with E-state index in [1.807, 2.05) is 30.3 Å². The molecule has 1 aromatic carbocycles. The molecule has 0 fully saturated rings. The van der Waals surface area contributed by atoms with Crippen LogP contribution in [0, 0.1) is 5.82 Å². The summed E-state index contributed by atoms with van der Waals surface area (Å²) in [5.74, 6) is -0.523. The second kappa shape index (κ2) is 6.60. The summed E-state index contributed by atoms with van der Waals surface area (Å²) < 4.78 is 12.9. The number of carbonyl (C=O) groups is 1. The average molecular weight is 274 g/mol. The molecule has 0 radical (unpaired) electrons. The van der Waals surface area contributed by atoms with Crippen molar-refractivity contribution in [2.24, 2.45) is 5.73 Å². The highest BCUT2D eigenvalue weighted by atomic mass is 19.1. The molecule has 1 amide bonds. The van der Waals surface area contributed by atoms with Crippen LogP contribution in [0.1, 0.15) is 12.0 Å². The Kier molecular flexibility index (Phi) is 4.60. The highest BCUT2D eigenvalue weighted by Crippen LogP contribution is 2.12. The first-order valence-electron chi connectivity index (χ1n) is 6.20. The zero-order chi connectivity index (χ0) is 14.4. The fraction of sp³-hybridized carbons (Fsp3) is 0.214. The largest absolute Gasteiger partial charge is 0.370 e. The number of nitrogens with two attached hydrogens (primary N) is 1. The number of carbonyl (C=O) groups excluding carboxylic acids is 1. The van der Waals surface area contributed by atoms with Crippen LogP contribution in [-0.4, -0.2) is 22.4 Å². The standard InChI is InChI=1S/C14H15FN4O/c15-12-8-17-14(18-9-12)19(7-6-13(16)20)10-11-4-2-1-3-5-11/h1-5,8-9H,6-7,10H2,(H2,16,20). The summed E-state index contributed by atoms with van der Waals surface area (Å²) in [6.07, 6.45) is 2.39.